The highest BCUT2D eigenvalue weighted by molar-refractivity contribution is 7.17. The molecular formula is C23H18ClN3OS. The van der Waals surface area contributed by atoms with Gasteiger partial charge in [-0.05, 0) is 61.0 Å². The van der Waals surface area contributed by atoms with E-state index in [1.54, 1.807) is 24.4 Å². The second-order valence-electron chi connectivity index (χ2n) is 6.45. The van der Waals surface area contributed by atoms with Gasteiger partial charge in [0.2, 0.25) is 0 Å². The Morgan fingerprint density at radius 1 is 1.00 bits per heavy atom. The van der Waals surface area contributed by atoms with Crippen LogP contribution >= 0.6 is 22.9 Å². The van der Waals surface area contributed by atoms with Crippen LogP contribution in [0.25, 0.3) is 16.9 Å². The maximum atomic E-state index is 12.3. The summed E-state index contributed by atoms with van der Waals surface area (Å²) in [5, 5.41) is 3.99. The van der Waals surface area contributed by atoms with Gasteiger partial charge in [-0.25, -0.2) is 5.43 Å². The number of benzene rings is 2. The molecule has 29 heavy (non-hydrogen) atoms. The monoisotopic (exact) mass is 419 g/mol. The number of aromatic nitrogens is 1. The summed E-state index contributed by atoms with van der Waals surface area (Å²) >= 11 is 7.28. The lowest BCUT2D eigenvalue weighted by atomic mass is 10.1. The van der Waals surface area contributed by atoms with Gasteiger partial charge in [0.1, 0.15) is 0 Å². The number of nitrogens with one attached hydrogen (secondary N) is 1. The molecule has 0 atom stereocenters. The Balaban J connectivity index is 1.52. The summed E-state index contributed by atoms with van der Waals surface area (Å²) in [6, 6.07) is 25.6. The van der Waals surface area contributed by atoms with Crippen LogP contribution in [0.2, 0.25) is 4.34 Å². The van der Waals surface area contributed by atoms with E-state index in [2.05, 4.69) is 46.3 Å². The minimum atomic E-state index is -0.261. The number of hydrazone groups is 1. The van der Waals surface area contributed by atoms with E-state index in [0.29, 0.717) is 9.90 Å². The van der Waals surface area contributed by atoms with E-state index in [9.17, 15) is 4.79 Å². The van der Waals surface area contributed by atoms with E-state index in [1.807, 2.05) is 36.4 Å². The number of hydrogen-bond acceptors (Lipinski definition) is 3. The highest BCUT2D eigenvalue weighted by Gasteiger charge is 2.10. The lowest BCUT2D eigenvalue weighted by molar-refractivity contribution is 0.0955. The Morgan fingerprint density at radius 3 is 2.45 bits per heavy atom. The largest absolute Gasteiger partial charge is 0.314 e. The molecule has 0 spiro atoms. The van der Waals surface area contributed by atoms with Crippen molar-refractivity contribution in [1.29, 1.82) is 0 Å². The van der Waals surface area contributed by atoms with Crippen LogP contribution in [-0.4, -0.2) is 16.7 Å². The molecule has 0 aliphatic heterocycles. The van der Waals surface area contributed by atoms with E-state index in [1.165, 1.54) is 11.3 Å². The lowest BCUT2D eigenvalue weighted by Gasteiger charge is -2.12. The van der Waals surface area contributed by atoms with Crippen molar-refractivity contribution in [3.8, 4) is 16.9 Å². The van der Waals surface area contributed by atoms with Crippen molar-refractivity contribution in [2.45, 2.75) is 6.92 Å². The van der Waals surface area contributed by atoms with Gasteiger partial charge in [0, 0.05) is 21.8 Å². The average Bonchev–Trinajstić information content (AvgIpc) is 3.34. The first-order valence-electron chi connectivity index (χ1n) is 9.05. The van der Waals surface area contributed by atoms with Crippen molar-refractivity contribution in [3.63, 3.8) is 0 Å². The molecule has 1 amide bonds. The smallest absolute Gasteiger partial charge is 0.271 e. The van der Waals surface area contributed by atoms with Gasteiger partial charge in [0.15, 0.2) is 0 Å². The zero-order valence-electron chi connectivity index (χ0n) is 15.7. The van der Waals surface area contributed by atoms with Gasteiger partial charge >= 0.3 is 0 Å². The van der Waals surface area contributed by atoms with E-state index in [4.69, 9.17) is 11.6 Å². The molecule has 4 rings (SSSR count). The molecule has 4 aromatic rings. The van der Waals surface area contributed by atoms with Crippen molar-refractivity contribution in [3.05, 3.63) is 99.3 Å². The first kappa shape index (κ1) is 19.2. The van der Waals surface area contributed by atoms with Crippen LogP contribution in [-0.2, 0) is 0 Å². The van der Waals surface area contributed by atoms with Crippen molar-refractivity contribution in [2.75, 3.05) is 0 Å². The number of halogens is 1. The van der Waals surface area contributed by atoms with Crippen molar-refractivity contribution in [1.82, 2.24) is 9.99 Å². The first-order valence-corrected chi connectivity index (χ1v) is 10.2. The predicted molar refractivity (Wildman–Crippen MR) is 120 cm³/mol. The number of carbonyl (C=O) groups excluding carboxylic acids is 1. The third kappa shape index (κ3) is 4.31. The molecule has 6 heteroatoms. The van der Waals surface area contributed by atoms with Gasteiger partial charge in [-0.1, -0.05) is 41.9 Å². The molecule has 1 N–H and O–H groups in total. The summed E-state index contributed by atoms with van der Waals surface area (Å²) in [5.41, 5.74) is 7.47. The van der Waals surface area contributed by atoms with Crippen LogP contribution in [0, 0.1) is 6.92 Å². The topological polar surface area (TPSA) is 46.4 Å². The SMILES string of the molecule is Cc1ccc(-c2ccccc2)n1-c1ccc(C(=O)N/N=C/c2ccc(Cl)s2)cc1. The van der Waals surface area contributed by atoms with Crippen LogP contribution in [0.3, 0.4) is 0 Å². The molecule has 0 saturated heterocycles. The van der Waals surface area contributed by atoms with E-state index >= 15 is 0 Å². The number of amides is 1. The normalized spacial score (nSPS) is 11.1. The van der Waals surface area contributed by atoms with E-state index in [0.717, 1.165) is 27.5 Å². The summed E-state index contributed by atoms with van der Waals surface area (Å²) < 4.78 is 2.86. The highest BCUT2D eigenvalue weighted by atomic mass is 35.5. The summed E-state index contributed by atoms with van der Waals surface area (Å²) in [6.45, 7) is 2.07. The van der Waals surface area contributed by atoms with Crippen molar-refractivity contribution in [2.24, 2.45) is 5.10 Å². The van der Waals surface area contributed by atoms with Crippen molar-refractivity contribution < 1.29 is 4.79 Å². The van der Waals surface area contributed by atoms with E-state index < -0.39 is 0 Å². The Labute approximate surface area is 178 Å². The minimum absolute atomic E-state index is 0.261. The molecule has 2 heterocycles. The molecule has 0 bridgehead atoms. The van der Waals surface area contributed by atoms with Crippen LogP contribution in [0.5, 0.6) is 0 Å². The lowest BCUT2D eigenvalue weighted by Crippen LogP contribution is -2.17. The third-order valence-electron chi connectivity index (χ3n) is 4.49. The number of nitrogens with zero attached hydrogens (tertiary/aromatic N) is 2. The summed E-state index contributed by atoms with van der Waals surface area (Å²) in [4.78, 5) is 13.2. The van der Waals surface area contributed by atoms with Crippen LogP contribution in [0.1, 0.15) is 20.9 Å². The Hall–Kier alpha value is -3.15. The molecule has 2 aromatic heterocycles. The molecular weight excluding hydrogens is 402 g/mol. The van der Waals surface area contributed by atoms with Gasteiger partial charge in [0.05, 0.1) is 16.2 Å². The molecule has 2 aromatic carbocycles. The molecule has 144 valence electrons. The summed E-state index contributed by atoms with van der Waals surface area (Å²) in [6.07, 6.45) is 1.58. The molecule has 4 nitrogen and oxygen atoms in total. The Morgan fingerprint density at radius 2 is 1.76 bits per heavy atom. The number of rotatable bonds is 5. The van der Waals surface area contributed by atoms with Gasteiger partial charge in [-0.3, -0.25) is 4.79 Å². The van der Waals surface area contributed by atoms with Gasteiger partial charge < -0.3 is 4.57 Å². The first-order chi connectivity index (χ1) is 14.1. The fraction of sp³-hybridized carbons (Fsp3) is 0.0435. The molecule has 0 aliphatic rings. The van der Waals surface area contributed by atoms with E-state index in [-0.39, 0.29) is 5.91 Å². The zero-order chi connectivity index (χ0) is 20.2. The highest BCUT2D eigenvalue weighted by Crippen LogP contribution is 2.26. The second kappa shape index (κ2) is 8.47. The second-order valence-corrected chi connectivity index (χ2v) is 8.20. The molecule has 0 saturated carbocycles. The van der Waals surface area contributed by atoms with Gasteiger partial charge in [-0.15, -0.1) is 11.3 Å². The van der Waals surface area contributed by atoms with Gasteiger partial charge in [0.25, 0.3) is 5.91 Å². The third-order valence-corrected chi connectivity index (χ3v) is 5.65. The fourth-order valence-corrected chi connectivity index (χ4v) is 4.03. The van der Waals surface area contributed by atoms with Gasteiger partial charge in [-0.2, -0.15) is 5.10 Å². The summed E-state index contributed by atoms with van der Waals surface area (Å²) in [5.74, 6) is -0.261. The molecule has 0 radical (unpaired) electrons. The number of carbonyl (C=O) groups is 1. The van der Waals surface area contributed by atoms with Crippen molar-refractivity contribution >= 4 is 35.1 Å². The maximum absolute atomic E-state index is 12.3. The fourth-order valence-electron chi connectivity index (χ4n) is 3.09. The quantitative estimate of drug-likeness (QED) is 0.316. The van der Waals surface area contributed by atoms with Crippen LogP contribution in [0.15, 0.2) is 84.0 Å². The molecule has 0 fully saturated rings. The standard InChI is InChI=1S/C23H18ClN3OS/c1-16-7-13-21(17-5-3-2-4-6-17)27(16)19-10-8-18(9-11-19)23(28)26-25-15-20-12-14-22(24)29-20/h2-15H,1H3,(H,26,28)/b25-15+. The number of thiophene rings is 1. The number of hydrogen-bond donors (Lipinski definition) is 1. The molecule has 0 aliphatic carbocycles. The molecule has 0 unspecified atom stereocenters. The number of aryl methyl sites for hydroxylation is 1. The Bertz CT molecular complexity index is 1160. The Kier molecular flexibility index (Phi) is 5.60. The van der Waals surface area contributed by atoms with Crippen LogP contribution < -0.4 is 5.43 Å². The predicted octanol–water partition coefficient (Wildman–Crippen LogP) is 5.93. The zero-order valence-corrected chi connectivity index (χ0v) is 17.2. The van der Waals surface area contributed by atoms with Crippen LogP contribution in [0.4, 0.5) is 0 Å². The minimum Gasteiger partial charge on any atom is -0.314 e. The average molecular weight is 420 g/mol. The maximum Gasteiger partial charge on any atom is 0.271 e. The summed E-state index contributed by atoms with van der Waals surface area (Å²) in [7, 11) is 0.